The summed E-state index contributed by atoms with van der Waals surface area (Å²) in [4.78, 5) is 29.1. The molecule has 3 rings (SSSR count). The highest BCUT2D eigenvalue weighted by Gasteiger charge is 2.46. The van der Waals surface area contributed by atoms with Crippen molar-refractivity contribution in [2.45, 2.75) is 6.04 Å². The van der Waals surface area contributed by atoms with Crippen LogP contribution < -0.4 is 4.74 Å². The van der Waals surface area contributed by atoms with E-state index in [0.29, 0.717) is 22.9 Å². The van der Waals surface area contributed by atoms with E-state index >= 15 is 0 Å². The molecule has 0 aromatic heterocycles. The topological polar surface area (TPSA) is 90.3 Å². The summed E-state index contributed by atoms with van der Waals surface area (Å²) >= 11 is 6.09. The fourth-order valence-corrected chi connectivity index (χ4v) is 3.64. The number of amides is 1. The zero-order valence-electron chi connectivity index (χ0n) is 16.9. The summed E-state index contributed by atoms with van der Waals surface area (Å²) in [5, 5.41) is 21.4. The number of hydrogen-bond donors (Lipinski definition) is 2. The molecule has 0 spiro atoms. The molecule has 2 N–H and O–H groups in total. The Hall–Kier alpha value is -3.03. The Balaban J connectivity index is 2.22. The van der Waals surface area contributed by atoms with Crippen LogP contribution in [0.4, 0.5) is 0 Å². The first kappa shape index (κ1) is 21.7. The first-order valence-electron chi connectivity index (χ1n) is 9.30. The Labute approximate surface area is 179 Å². The van der Waals surface area contributed by atoms with Crippen LogP contribution in [0.1, 0.15) is 17.2 Å². The number of phenolic OH excluding ortho intramolecular Hbond substituents is 1. The molecule has 0 saturated carbocycles. The van der Waals surface area contributed by atoms with Crippen molar-refractivity contribution >= 4 is 29.1 Å². The lowest BCUT2D eigenvalue weighted by Crippen LogP contribution is -2.35. The standard InChI is InChI=1S/C22H23ClN2O5/c1-24(2)9-10-25-19(13-5-4-6-15(26)11-13)18(21(28)22(25)29)20(27)16-12-14(23)7-8-17(16)30-3/h4-8,11-12,19,26-27H,9-10H2,1-3H3/b20-18+. The molecule has 0 radical (unpaired) electrons. The monoisotopic (exact) mass is 430 g/mol. The number of rotatable bonds is 6. The number of aliphatic hydroxyl groups is 1. The summed E-state index contributed by atoms with van der Waals surface area (Å²) in [7, 11) is 5.15. The number of methoxy groups -OCH3 is 1. The molecule has 158 valence electrons. The van der Waals surface area contributed by atoms with Gasteiger partial charge in [-0.05, 0) is 50.0 Å². The summed E-state index contributed by atoms with van der Waals surface area (Å²) in [5.74, 6) is -1.60. The molecule has 7 nitrogen and oxygen atoms in total. The highest BCUT2D eigenvalue weighted by molar-refractivity contribution is 6.46. The molecule has 2 aromatic rings. The second-order valence-electron chi connectivity index (χ2n) is 7.24. The third-order valence-electron chi connectivity index (χ3n) is 4.93. The maximum Gasteiger partial charge on any atom is 0.295 e. The van der Waals surface area contributed by atoms with Gasteiger partial charge in [0.25, 0.3) is 11.7 Å². The fourth-order valence-electron chi connectivity index (χ4n) is 3.47. The van der Waals surface area contributed by atoms with Crippen LogP contribution in [0.15, 0.2) is 48.0 Å². The minimum Gasteiger partial charge on any atom is -0.508 e. The molecule has 8 heteroatoms. The van der Waals surface area contributed by atoms with Gasteiger partial charge in [0.1, 0.15) is 17.3 Å². The van der Waals surface area contributed by atoms with Crippen LogP contribution in [0.5, 0.6) is 11.5 Å². The van der Waals surface area contributed by atoms with Gasteiger partial charge in [0.2, 0.25) is 0 Å². The van der Waals surface area contributed by atoms with Gasteiger partial charge in [-0.2, -0.15) is 0 Å². The van der Waals surface area contributed by atoms with E-state index in [9.17, 15) is 19.8 Å². The van der Waals surface area contributed by atoms with Gasteiger partial charge in [-0.15, -0.1) is 0 Å². The molecule has 1 saturated heterocycles. The normalized spacial score (nSPS) is 18.3. The Morgan fingerprint density at radius 2 is 1.93 bits per heavy atom. The van der Waals surface area contributed by atoms with E-state index in [-0.39, 0.29) is 29.2 Å². The Kier molecular flexibility index (Phi) is 6.34. The number of carbonyl (C=O) groups excluding carboxylic acids is 2. The van der Waals surface area contributed by atoms with Gasteiger partial charge in [-0.25, -0.2) is 0 Å². The van der Waals surface area contributed by atoms with E-state index in [1.54, 1.807) is 24.3 Å². The summed E-state index contributed by atoms with van der Waals surface area (Å²) < 4.78 is 5.30. The number of benzene rings is 2. The number of likely N-dealkylation sites (tertiary alicyclic amines) is 1. The maximum absolute atomic E-state index is 13.0. The van der Waals surface area contributed by atoms with E-state index < -0.39 is 17.7 Å². The molecule has 1 aliphatic rings. The Morgan fingerprint density at radius 1 is 1.20 bits per heavy atom. The summed E-state index contributed by atoms with van der Waals surface area (Å²) in [6.45, 7) is 0.782. The molecule has 0 aliphatic carbocycles. The van der Waals surface area contributed by atoms with Crippen LogP contribution in [0, 0.1) is 0 Å². The van der Waals surface area contributed by atoms with Gasteiger partial charge in [-0.1, -0.05) is 23.7 Å². The van der Waals surface area contributed by atoms with Gasteiger partial charge in [0.15, 0.2) is 0 Å². The lowest BCUT2D eigenvalue weighted by atomic mass is 9.95. The zero-order chi connectivity index (χ0) is 22.0. The van der Waals surface area contributed by atoms with Crippen LogP contribution in [-0.2, 0) is 9.59 Å². The van der Waals surface area contributed by atoms with Gasteiger partial charge < -0.3 is 24.7 Å². The minimum absolute atomic E-state index is 0.00830. The number of ketones is 1. The number of nitrogens with zero attached hydrogens (tertiary/aromatic N) is 2. The second kappa shape index (κ2) is 8.77. The van der Waals surface area contributed by atoms with E-state index in [1.165, 1.54) is 30.2 Å². The molecule has 1 aliphatic heterocycles. The van der Waals surface area contributed by atoms with Crippen LogP contribution >= 0.6 is 11.6 Å². The highest BCUT2D eigenvalue weighted by atomic mass is 35.5. The number of likely N-dealkylation sites (N-methyl/N-ethyl adjacent to an activating group) is 1. The molecule has 0 bridgehead atoms. The third-order valence-corrected chi connectivity index (χ3v) is 5.17. The van der Waals surface area contributed by atoms with E-state index in [0.717, 1.165) is 0 Å². The first-order chi connectivity index (χ1) is 14.2. The van der Waals surface area contributed by atoms with Crippen molar-refractivity contribution in [2.75, 3.05) is 34.3 Å². The number of carbonyl (C=O) groups is 2. The lowest BCUT2D eigenvalue weighted by molar-refractivity contribution is -0.140. The predicted molar refractivity (Wildman–Crippen MR) is 114 cm³/mol. The highest BCUT2D eigenvalue weighted by Crippen LogP contribution is 2.41. The number of phenols is 1. The largest absolute Gasteiger partial charge is 0.508 e. The van der Waals surface area contributed by atoms with Gasteiger partial charge in [0.05, 0.1) is 24.3 Å². The average Bonchev–Trinajstić information content (AvgIpc) is 2.96. The Bertz CT molecular complexity index is 1020. The molecule has 1 atom stereocenters. The fraction of sp³-hybridized carbons (Fsp3) is 0.273. The third kappa shape index (κ3) is 4.13. The molecule has 2 aromatic carbocycles. The first-order valence-corrected chi connectivity index (χ1v) is 9.68. The van der Waals surface area contributed by atoms with Gasteiger partial charge in [0, 0.05) is 18.1 Å². The second-order valence-corrected chi connectivity index (χ2v) is 7.67. The molecule has 1 fully saturated rings. The number of hydrogen-bond acceptors (Lipinski definition) is 6. The van der Waals surface area contributed by atoms with Crippen LogP contribution in [0.3, 0.4) is 0 Å². The summed E-state index contributed by atoms with van der Waals surface area (Å²) in [6.07, 6.45) is 0. The molecular formula is C22H23ClN2O5. The Morgan fingerprint density at radius 3 is 2.57 bits per heavy atom. The number of Topliss-reactive ketones (excluding diaryl/α,β-unsaturated/α-hetero) is 1. The van der Waals surface area contributed by atoms with Crippen LogP contribution in [0.2, 0.25) is 5.02 Å². The smallest absolute Gasteiger partial charge is 0.295 e. The number of ether oxygens (including phenoxy) is 1. The van der Waals surface area contributed by atoms with Crippen molar-refractivity contribution in [1.82, 2.24) is 9.80 Å². The van der Waals surface area contributed by atoms with Crippen molar-refractivity contribution in [2.24, 2.45) is 0 Å². The number of halogens is 1. The zero-order valence-corrected chi connectivity index (χ0v) is 17.7. The van der Waals surface area contributed by atoms with E-state index in [1.807, 2.05) is 19.0 Å². The summed E-state index contributed by atoms with van der Waals surface area (Å²) in [6, 6.07) is 10.1. The van der Waals surface area contributed by atoms with Crippen molar-refractivity contribution < 1.29 is 24.5 Å². The van der Waals surface area contributed by atoms with Crippen molar-refractivity contribution in [3.8, 4) is 11.5 Å². The van der Waals surface area contributed by atoms with Crippen molar-refractivity contribution in [3.63, 3.8) is 0 Å². The molecule has 1 heterocycles. The number of aliphatic hydroxyl groups excluding tert-OH is 1. The van der Waals surface area contributed by atoms with Crippen molar-refractivity contribution in [1.29, 1.82) is 0 Å². The minimum atomic E-state index is -0.860. The van der Waals surface area contributed by atoms with E-state index in [4.69, 9.17) is 16.3 Å². The molecule has 30 heavy (non-hydrogen) atoms. The number of aromatic hydroxyl groups is 1. The van der Waals surface area contributed by atoms with Gasteiger partial charge >= 0.3 is 0 Å². The lowest BCUT2D eigenvalue weighted by Gasteiger charge is -2.26. The van der Waals surface area contributed by atoms with E-state index in [2.05, 4.69) is 0 Å². The molecular weight excluding hydrogens is 408 g/mol. The molecule has 1 unspecified atom stereocenters. The van der Waals surface area contributed by atoms with Gasteiger partial charge in [-0.3, -0.25) is 9.59 Å². The maximum atomic E-state index is 13.0. The predicted octanol–water partition coefficient (Wildman–Crippen LogP) is 3.04. The molecule has 1 amide bonds. The van der Waals surface area contributed by atoms with Crippen molar-refractivity contribution in [3.05, 3.63) is 64.2 Å². The average molecular weight is 431 g/mol. The SMILES string of the molecule is COc1ccc(Cl)cc1/C(O)=C1\C(=O)C(=O)N(CCN(C)C)C1c1cccc(O)c1. The summed E-state index contributed by atoms with van der Waals surface area (Å²) in [5.41, 5.74) is 0.640. The van der Waals surface area contributed by atoms with Crippen LogP contribution in [-0.4, -0.2) is 66.0 Å². The quantitative estimate of drug-likeness (QED) is 0.416. The van der Waals surface area contributed by atoms with Crippen LogP contribution in [0.25, 0.3) is 5.76 Å².